The lowest BCUT2D eigenvalue weighted by Crippen LogP contribution is -2.32. The highest BCUT2D eigenvalue weighted by atomic mass is 79.9. The second-order valence-corrected chi connectivity index (χ2v) is 15.1. The first-order valence-electron chi connectivity index (χ1n) is 20.1. The summed E-state index contributed by atoms with van der Waals surface area (Å²) < 4.78 is 29.5. The lowest BCUT2D eigenvalue weighted by molar-refractivity contribution is 0.423. The Balaban J connectivity index is 0.000000201. The van der Waals surface area contributed by atoms with Gasteiger partial charge in [0.15, 0.2) is 0 Å². The number of halogens is 3. The van der Waals surface area contributed by atoms with Crippen LogP contribution in [0.25, 0.3) is 33.4 Å². The lowest BCUT2D eigenvalue weighted by atomic mass is 9.79. The van der Waals surface area contributed by atoms with Crippen molar-refractivity contribution in [1.82, 2.24) is 0 Å². The van der Waals surface area contributed by atoms with Crippen LogP contribution in [-0.4, -0.2) is 17.2 Å². The molecule has 6 rings (SSSR count). The number of benzene rings is 6. The van der Waals surface area contributed by atoms with E-state index in [1.807, 2.05) is 48.5 Å². The molecule has 0 amide bonds. The van der Waals surface area contributed by atoms with Gasteiger partial charge < -0.3 is 10.0 Å². The Morgan fingerprint density at radius 2 is 0.839 bits per heavy atom. The Hall–Kier alpha value is -4.36. The van der Waals surface area contributed by atoms with Gasteiger partial charge in [0.1, 0.15) is 11.6 Å². The molecule has 0 fully saturated rings. The van der Waals surface area contributed by atoms with Gasteiger partial charge in [0.05, 0.1) is 0 Å². The zero-order valence-corrected chi connectivity index (χ0v) is 35.0. The molecule has 0 atom stereocenters. The molecule has 0 unspecified atom stereocenters. The molecule has 0 aliphatic carbocycles. The average Bonchev–Trinajstić information content (AvgIpc) is 3.22. The van der Waals surface area contributed by atoms with Gasteiger partial charge in [0, 0.05) is 15.5 Å². The minimum Gasteiger partial charge on any atom is -0.423 e. The van der Waals surface area contributed by atoms with Crippen LogP contribution in [-0.2, 0) is 25.7 Å². The summed E-state index contributed by atoms with van der Waals surface area (Å²) in [7, 11) is -1.78. The molecule has 0 heterocycles. The van der Waals surface area contributed by atoms with Crippen molar-refractivity contribution >= 4 is 28.5 Å². The Kier molecular flexibility index (Phi) is 18.7. The maximum atomic E-state index is 14.7. The molecule has 0 saturated carbocycles. The summed E-state index contributed by atoms with van der Waals surface area (Å²) in [5.41, 5.74) is 10.4. The van der Waals surface area contributed by atoms with Crippen LogP contribution >= 0.6 is 15.9 Å². The van der Waals surface area contributed by atoms with Gasteiger partial charge in [-0.2, -0.15) is 0 Å². The normalized spacial score (nSPS) is 10.6. The first-order valence-corrected chi connectivity index (χ1v) is 20.9. The molecule has 0 bridgehead atoms. The van der Waals surface area contributed by atoms with E-state index in [1.165, 1.54) is 83.8 Å². The van der Waals surface area contributed by atoms with Gasteiger partial charge in [-0.1, -0.05) is 179 Å². The molecule has 2 N–H and O–H groups in total. The summed E-state index contributed by atoms with van der Waals surface area (Å²) in [6.07, 6.45) is 12.0. The molecule has 0 aliphatic heterocycles. The van der Waals surface area contributed by atoms with E-state index in [-0.39, 0.29) is 11.3 Å². The second-order valence-electron chi connectivity index (χ2n) is 14.1. The maximum Gasteiger partial charge on any atom is 0.491 e. The molecule has 292 valence electrons. The van der Waals surface area contributed by atoms with Crippen molar-refractivity contribution in [3.8, 4) is 33.4 Å². The van der Waals surface area contributed by atoms with Gasteiger partial charge in [-0.15, -0.1) is 0 Å². The van der Waals surface area contributed by atoms with Crippen molar-refractivity contribution in [2.75, 3.05) is 0 Å². The molecule has 0 spiro atoms. The van der Waals surface area contributed by atoms with Crippen LogP contribution in [0, 0.1) is 11.6 Å². The number of rotatable bonds is 14. The van der Waals surface area contributed by atoms with Gasteiger partial charge in [-0.25, -0.2) is 8.78 Å². The van der Waals surface area contributed by atoms with Crippen molar-refractivity contribution in [2.24, 2.45) is 0 Å². The summed E-state index contributed by atoms with van der Waals surface area (Å²) >= 11 is 3.43. The average molecular weight is 818 g/mol. The van der Waals surface area contributed by atoms with E-state index in [0.717, 1.165) is 47.1 Å². The quantitative estimate of drug-likeness (QED) is 0.0849. The highest BCUT2D eigenvalue weighted by Crippen LogP contribution is 2.29. The van der Waals surface area contributed by atoms with E-state index in [0.29, 0.717) is 5.56 Å². The Labute approximate surface area is 343 Å². The third-order valence-corrected chi connectivity index (χ3v) is 10.5. The van der Waals surface area contributed by atoms with Crippen molar-refractivity contribution in [3.05, 3.63) is 172 Å². The number of unbranched alkanes of at least 4 members (excludes halogenated alkanes) is 4. The highest BCUT2D eigenvalue weighted by Gasteiger charge is 2.16. The zero-order valence-electron chi connectivity index (χ0n) is 33.4. The Morgan fingerprint density at radius 3 is 1.25 bits per heavy atom. The molecule has 0 aliphatic rings. The van der Waals surface area contributed by atoms with Gasteiger partial charge in [-0.3, -0.25) is 0 Å². The fraction of sp³-hybridized carbons (Fsp3) is 0.280. The maximum absolute atomic E-state index is 14.7. The second kappa shape index (κ2) is 23.7. The van der Waals surface area contributed by atoms with Crippen molar-refractivity contribution in [2.45, 2.75) is 91.9 Å². The van der Waals surface area contributed by atoms with Crippen LogP contribution in [0.1, 0.15) is 88.5 Å². The van der Waals surface area contributed by atoms with Crippen LogP contribution in [0.4, 0.5) is 8.78 Å². The fourth-order valence-corrected chi connectivity index (χ4v) is 6.64. The minimum absolute atomic E-state index is 0.107. The summed E-state index contributed by atoms with van der Waals surface area (Å²) in [5, 5.41) is 17.9. The van der Waals surface area contributed by atoms with E-state index in [4.69, 9.17) is 10.0 Å². The lowest BCUT2D eigenvalue weighted by Gasteiger charge is -2.09. The van der Waals surface area contributed by atoms with E-state index >= 15 is 0 Å². The standard InChI is InChI=1S/C25H27F.C14H14BFO2.C11H15Br/c1-3-5-6-7-20-10-14-22(15-11-20)24-17-16-23(18-25(24)26)21-12-8-19(4-2)9-13-21;1-2-10-3-5-11(6-4-10)12-7-8-13(15(17)18)14(16)9-12;1-2-3-4-5-10-6-8-11(12)9-7-10/h8-18H,3-7H2,1-2H3;3-9,17-18H,2H2,1H3;6-9H,2-5H2,1H3. The molecule has 2 nitrogen and oxygen atoms in total. The van der Waals surface area contributed by atoms with Crippen LogP contribution in [0.5, 0.6) is 0 Å². The predicted octanol–water partition coefficient (Wildman–Crippen LogP) is 13.4. The third-order valence-electron chi connectivity index (χ3n) is 9.95. The summed E-state index contributed by atoms with van der Waals surface area (Å²) in [5.74, 6) is -0.775. The summed E-state index contributed by atoms with van der Waals surface area (Å²) in [4.78, 5) is 0. The molecular formula is C50H56BBrF2O2. The fourth-order valence-electron chi connectivity index (χ4n) is 6.37. The molecule has 56 heavy (non-hydrogen) atoms. The molecule has 6 heteroatoms. The smallest absolute Gasteiger partial charge is 0.423 e. The first-order chi connectivity index (χ1) is 27.1. The predicted molar refractivity (Wildman–Crippen MR) is 238 cm³/mol. The summed E-state index contributed by atoms with van der Waals surface area (Å²) in [6, 6.07) is 43.1. The van der Waals surface area contributed by atoms with Crippen molar-refractivity contribution < 1.29 is 18.8 Å². The van der Waals surface area contributed by atoms with Crippen molar-refractivity contribution in [3.63, 3.8) is 0 Å². The topological polar surface area (TPSA) is 40.5 Å². The number of hydrogen-bond acceptors (Lipinski definition) is 2. The number of hydrogen-bond donors (Lipinski definition) is 2. The number of aryl methyl sites for hydroxylation is 4. The van der Waals surface area contributed by atoms with Gasteiger partial charge >= 0.3 is 7.12 Å². The molecule has 6 aromatic carbocycles. The van der Waals surface area contributed by atoms with E-state index in [2.05, 4.69) is 104 Å². The monoisotopic (exact) mass is 816 g/mol. The van der Waals surface area contributed by atoms with Gasteiger partial charge in [0.25, 0.3) is 0 Å². The van der Waals surface area contributed by atoms with Crippen LogP contribution in [0.15, 0.2) is 138 Å². The highest BCUT2D eigenvalue weighted by molar-refractivity contribution is 9.10. The minimum atomic E-state index is -1.78. The van der Waals surface area contributed by atoms with Crippen LogP contribution in [0.2, 0.25) is 0 Å². The van der Waals surface area contributed by atoms with Crippen LogP contribution in [0.3, 0.4) is 0 Å². The Morgan fingerprint density at radius 1 is 0.446 bits per heavy atom. The zero-order chi connectivity index (χ0) is 40.3. The molecule has 0 aromatic heterocycles. The van der Waals surface area contributed by atoms with E-state index in [1.54, 1.807) is 12.1 Å². The third kappa shape index (κ3) is 14.0. The largest absolute Gasteiger partial charge is 0.491 e. The van der Waals surface area contributed by atoms with E-state index in [9.17, 15) is 8.78 Å². The van der Waals surface area contributed by atoms with Gasteiger partial charge in [-0.05, 0) is 113 Å². The van der Waals surface area contributed by atoms with Crippen molar-refractivity contribution in [1.29, 1.82) is 0 Å². The Bertz CT molecular complexity index is 2030. The van der Waals surface area contributed by atoms with Gasteiger partial charge in [0.2, 0.25) is 0 Å². The SMILES string of the molecule is CCCCCc1ccc(-c2ccc(-c3ccc(CC)cc3)cc2F)cc1.CCCCCc1ccc(Br)cc1.CCc1ccc(-c2ccc(B(O)O)c(F)c2)cc1. The molecule has 6 aromatic rings. The first kappa shape index (κ1) is 44.4. The molecular weight excluding hydrogens is 761 g/mol. The molecule has 0 saturated heterocycles. The van der Waals surface area contributed by atoms with Crippen LogP contribution < -0.4 is 5.46 Å². The molecule has 0 radical (unpaired) electrons. The summed E-state index contributed by atoms with van der Waals surface area (Å²) in [6.45, 7) is 8.67. The van der Waals surface area contributed by atoms with E-state index < -0.39 is 12.9 Å².